The Labute approximate surface area is 197 Å². The molecule has 1 heterocycles. The zero-order chi connectivity index (χ0) is 23.2. The number of carboxylic acids is 1. The first-order chi connectivity index (χ1) is 15.8. The Morgan fingerprint density at radius 1 is 1.18 bits per heavy atom. The van der Waals surface area contributed by atoms with Crippen molar-refractivity contribution in [1.29, 1.82) is 0 Å². The van der Waals surface area contributed by atoms with Crippen LogP contribution in [-0.2, 0) is 14.4 Å². The smallest absolute Gasteiger partial charge is 0.315 e. The van der Waals surface area contributed by atoms with E-state index in [1.807, 2.05) is 0 Å². The quantitative estimate of drug-likeness (QED) is 0.432. The van der Waals surface area contributed by atoms with Gasteiger partial charge in [0.25, 0.3) is 0 Å². The van der Waals surface area contributed by atoms with Crippen molar-refractivity contribution in [2.75, 3.05) is 0 Å². The van der Waals surface area contributed by atoms with Gasteiger partial charge >= 0.3 is 5.97 Å². The zero-order valence-electron chi connectivity index (χ0n) is 20.4. The number of carbonyl (C=O) groups is 2. The average Bonchev–Trinajstić information content (AvgIpc) is 3.54. The van der Waals surface area contributed by atoms with Gasteiger partial charge in [0.15, 0.2) is 0 Å². The summed E-state index contributed by atoms with van der Waals surface area (Å²) in [5.74, 6) is 0.973. The lowest BCUT2D eigenvalue weighted by Crippen LogP contribution is -2.64. The van der Waals surface area contributed by atoms with Crippen LogP contribution in [0.4, 0.5) is 0 Å². The van der Waals surface area contributed by atoms with Gasteiger partial charge in [0.05, 0.1) is 11.1 Å². The molecule has 0 radical (unpaired) electrons. The molecule has 0 spiro atoms. The molecule has 5 aliphatic carbocycles. The Kier molecular flexibility index (Phi) is 4.75. The van der Waals surface area contributed by atoms with Crippen molar-refractivity contribution in [3.63, 3.8) is 0 Å². The molecule has 5 nitrogen and oxygen atoms in total. The predicted molar refractivity (Wildman–Crippen MR) is 126 cm³/mol. The maximum Gasteiger partial charge on any atom is 0.315 e. The van der Waals surface area contributed by atoms with Gasteiger partial charge in [-0.1, -0.05) is 63.3 Å². The van der Waals surface area contributed by atoms with Crippen molar-refractivity contribution in [1.82, 2.24) is 0 Å². The second-order valence-corrected chi connectivity index (χ2v) is 12.6. The van der Waals surface area contributed by atoms with Gasteiger partial charge in [-0.05, 0) is 67.6 Å². The fraction of sp³-hybridized carbons (Fsp3) is 0.821. The molecule has 4 bridgehead atoms. The lowest BCUT2D eigenvalue weighted by Gasteiger charge is -2.58. The number of hydrogen-bond donors (Lipinski definition) is 1. The summed E-state index contributed by atoms with van der Waals surface area (Å²) in [5.41, 5.74) is -0.645. The lowest BCUT2D eigenvalue weighted by molar-refractivity contribution is -0.173. The van der Waals surface area contributed by atoms with E-state index < -0.39 is 22.2 Å². The summed E-state index contributed by atoms with van der Waals surface area (Å²) in [5, 5.41) is 15.9. The summed E-state index contributed by atoms with van der Waals surface area (Å²) in [6, 6.07) is 0. The maximum atomic E-state index is 13.6. The van der Waals surface area contributed by atoms with Crippen LogP contribution in [0.15, 0.2) is 16.8 Å². The Morgan fingerprint density at radius 3 is 2.61 bits per heavy atom. The van der Waals surface area contributed by atoms with Crippen molar-refractivity contribution < 1.29 is 19.5 Å². The number of fused-ring (bicyclic) bond motifs is 2. The van der Waals surface area contributed by atoms with Crippen molar-refractivity contribution >= 4 is 18.0 Å². The Morgan fingerprint density at radius 2 is 1.94 bits per heavy atom. The van der Waals surface area contributed by atoms with Crippen molar-refractivity contribution in [2.45, 2.75) is 91.1 Å². The number of aliphatic carboxylic acids is 1. The molecule has 4 unspecified atom stereocenters. The normalized spacial score (nSPS) is 48.4. The molecule has 0 saturated heterocycles. The second kappa shape index (κ2) is 7.18. The lowest BCUT2D eigenvalue weighted by atomic mass is 9.41. The average molecular weight is 454 g/mol. The van der Waals surface area contributed by atoms with Crippen LogP contribution < -0.4 is 0 Å². The number of hydrogen-bond acceptors (Lipinski definition) is 4. The zero-order valence-corrected chi connectivity index (χ0v) is 20.4. The van der Waals surface area contributed by atoms with Crippen molar-refractivity contribution in [2.24, 2.45) is 56.9 Å². The summed E-state index contributed by atoms with van der Waals surface area (Å²) >= 11 is 0. The summed E-state index contributed by atoms with van der Waals surface area (Å²) in [7, 11) is 0. The van der Waals surface area contributed by atoms with Gasteiger partial charge in [-0.3, -0.25) is 4.79 Å². The molecular weight excluding hydrogens is 414 g/mol. The van der Waals surface area contributed by atoms with E-state index >= 15 is 0 Å². The Bertz CT molecular complexity index is 932. The minimum absolute atomic E-state index is 0.0708. The van der Waals surface area contributed by atoms with E-state index in [0.29, 0.717) is 24.2 Å². The molecule has 5 heteroatoms. The van der Waals surface area contributed by atoms with Crippen LogP contribution in [0.1, 0.15) is 85.0 Å². The highest BCUT2D eigenvalue weighted by atomic mass is 16.6. The van der Waals surface area contributed by atoms with Crippen LogP contribution >= 0.6 is 0 Å². The molecule has 4 fully saturated rings. The highest BCUT2D eigenvalue weighted by molar-refractivity contribution is 6.03. The van der Waals surface area contributed by atoms with Gasteiger partial charge in [0, 0.05) is 11.8 Å². The van der Waals surface area contributed by atoms with Crippen molar-refractivity contribution in [3.8, 4) is 0 Å². The minimum Gasteiger partial charge on any atom is -0.481 e. The third kappa shape index (κ3) is 2.37. The van der Waals surface area contributed by atoms with Gasteiger partial charge in [-0.2, -0.15) is 0 Å². The van der Waals surface area contributed by atoms with Crippen LogP contribution in [0.3, 0.4) is 0 Å². The Balaban J connectivity index is 1.50. The van der Waals surface area contributed by atoms with Crippen LogP contribution in [0.5, 0.6) is 0 Å². The number of rotatable bonds is 5. The molecule has 4 saturated carbocycles. The van der Waals surface area contributed by atoms with E-state index in [4.69, 9.17) is 9.99 Å². The molecule has 0 aromatic rings. The van der Waals surface area contributed by atoms with Crippen LogP contribution in [0, 0.1) is 51.8 Å². The van der Waals surface area contributed by atoms with Gasteiger partial charge in [-0.15, -0.1) is 0 Å². The summed E-state index contributed by atoms with van der Waals surface area (Å²) in [6.07, 6.45) is 13.9. The number of allylic oxidation sites excluding steroid dienone is 1. The first kappa shape index (κ1) is 21.9. The summed E-state index contributed by atoms with van der Waals surface area (Å²) < 4.78 is 0. The predicted octanol–water partition coefficient (Wildman–Crippen LogP) is 5.64. The molecule has 6 rings (SSSR count). The number of aldehydes is 1. The SMILES string of the molecule is CC(C)C1=CC2CC3(C=O)[C@@H]4CC[C@@H](C)[C@H]4CC2(C2=NOC(C4CCCCC4)C2)[C@]13C(=O)O. The van der Waals surface area contributed by atoms with Crippen LogP contribution in [0.2, 0.25) is 0 Å². The highest BCUT2D eigenvalue weighted by Crippen LogP contribution is 2.83. The third-order valence-corrected chi connectivity index (χ3v) is 11.3. The van der Waals surface area contributed by atoms with Crippen LogP contribution in [-0.4, -0.2) is 29.2 Å². The van der Waals surface area contributed by atoms with Gasteiger partial charge in [-0.25, -0.2) is 0 Å². The standard InChI is InChI=1S/C28H39NO4/c1-16(2)22-11-19-13-26(15-30)21-10-9-17(3)20(21)14-27(19,28(22,26)25(31)32)24-12-23(33-29-24)18-7-5-4-6-8-18/h11,15-21,23H,4-10,12-14H2,1-3H3,(H,31,32)/t17-,19?,20-,21-,23?,26?,27?,28+/m1/s1. The van der Waals surface area contributed by atoms with Gasteiger partial charge in [0.2, 0.25) is 0 Å². The van der Waals surface area contributed by atoms with E-state index in [2.05, 4.69) is 26.8 Å². The molecule has 180 valence electrons. The summed E-state index contributed by atoms with van der Waals surface area (Å²) in [6.45, 7) is 6.52. The molecule has 1 aliphatic heterocycles. The first-order valence-electron chi connectivity index (χ1n) is 13.5. The van der Waals surface area contributed by atoms with E-state index in [1.54, 1.807) is 0 Å². The first-order valence-corrected chi connectivity index (χ1v) is 13.5. The summed E-state index contributed by atoms with van der Waals surface area (Å²) in [4.78, 5) is 32.9. The molecule has 0 aromatic carbocycles. The fourth-order valence-electron chi connectivity index (χ4n) is 10.1. The maximum absolute atomic E-state index is 13.6. The number of carboxylic acid groups (broad SMARTS) is 1. The monoisotopic (exact) mass is 453 g/mol. The molecule has 0 amide bonds. The molecule has 0 aromatic heterocycles. The minimum atomic E-state index is -1.17. The number of nitrogens with zero attached hydrogens (tertiary/aromatic N) is 1. The number of oxime groups is 1. The molecule has 1 N–H and O–H groups in total. The highest BCUT2D eigenvalue weighted by Gasteiger charge is 2.85. The third-order valence-electron chi connectivity index (χ3n) is 11.3. The molecule has 6 aliphatic rings. The van der Waals surface area contributed by atoms with Crippen molar-refractivity contribution in [3.05, 3.63) is 11.6 Å². The molecule has 33 heavy (non-hydrogen) atoms. The molecule has 8 atom stereocenters. The topological polar surface area (TPSA) is 76.0 Å². The van der Waals surface area contributed by atoms with E-state index in [1.165, 1.54) is 32.1 Å². The number of carbonyl (C=O) groups excluding carboxylic acids is 1. The van der Waals surface area contributed by atoms with E-state index in [-0.39, 0.29) is 23.9 Å². The fourth-order valence-corrected chi connectivity index (χ4v) is 10.1. The van der Waals surface area contributed by atoms with Gasteiger partial charge in [0.1, 0.15) is 17.8 Å². The van der Waals surface area contributed by atoms with Gasteiger partial charge < -0.3 is 14.7 Å². The largest absolute Gasteiger partial charge is 0.481 e. The Hall–Kier alpha value is -1.65. The van der Waals surface area contributed by atoms with Crippen LogP contribution in [0.25, 0.3) is 0 Å². The second-order valence-electron chi connectivity index (χ2n) is 12.6. The van der Waals surface area contributed by atoms with E-state index in [9.17, 15) is 14.7 Å². The molecular formula is C28H39NO4. The van der Waals surface area contributed by atoms with E-state index in [0.717, 1.165) is 43.3 Å².